The van der Waals surface area contributed by atoms with Crippen molar-refractivity contribution < 1.29 is 27.1 Å². The standard InChI is InChI=1S/C31H28F4N6O2S/c1-19(2)27-20(3)5-4-6-26(27)40-15-16-44-30(40)38-29(42)36-17-25(32)21-7-9-22(10-8-21)28-37-18-41(39-28)23-11-13-24(14-12-23)43-31(33,34)35/h4-14,17-19H,15-16H2,1-3H3,(H,36,42)/b25-17-,38-30-. The number of thioether (sulfide) groups is 1. The van der Waals surface area contributed by atoms with Gasteiger partial charge in [-0.05, 0) is 54.3 Å². The van der Waals surface area contributed by atoms with Crippen LogP contribution in [0.1, 0.15) is 36.5 Å². The van der Waals surface area contributed by atoms with Crippen molar-refractivity contribution in [1.29, 1.82) is 0 Å². The number of carbonyl (C=O) groups excluding carboxylic acids is 1. The number of alkyl halides is 3. The number of ether oxygens (including phenoxy) is 1. The number of hydrogen-bond acceptors (Lipinski definition) is 5. The van der Waals surface area contributed by atoms with Crippen molar-refractivity contribution in [1.82, 2.24) is 20.1 Å². The average Bonchev–Trinajstić information content (AvgIpc) is 3.66. The zero-order valence-electron chi connectivity index (χ0n) is 24.0. The monoisotopic (exact) mass is 624 g/mol. The normalized spacial score (nSPS) is 14.9. The van der Waals surface area contributed by atoms with Crippen LogP contribution in [-0.4, -0.2) is 44.6 Å². The molecule has 0 radical (unpaired) electrons. The first-order valence-electron chi connectivity index (χ1n) is 13.6. The maximum absolute atomic E-state index is 14.9. The van der Waals surface area contributed by atoms with Gasteiger partial charge in [0.1, 0.15) is 17.9 Å². The molecule has 1 aliphatic heterocycles. The van der Waals surface area contributed by atoms with Crippen molar-refractivity contribution in [2.45, 2.75) is 33.1 Å². The van der Waals surface area contributed by atoms with Crippen molar-refractivity contribution in [2.24, 2.45) is 4.99 Å². The summed E-state index contributed by atoms with van der Waals surface area (Å²) in [5.74, 6) is 0.391. The number of amides is 2. The molecule has 8 nitrogen and oxygen atoms in total. The Labute approximate surface area is 255 Å². The topological polar surface area (TPSA) is 84.6 Å². The largest absolute Gasteiger partial charge is 0.573 e. The van der Waals surface area contributed by atoms with Gasteiger partial charge in [0.25, 0.3) is 0 Å². The number of aromatic nitrogens is 3. The maximum Gasteiger partial charge on any atom is 0.573 e. The molecule has 1 aromatic heterocycles. The minimum Gasteiger partial charge on any atom is -0.406 e. The number of nitrogens with one attached hydrogen (secondary N) is 1. The van der Waals surface area contributed by atoms with E-state index < -0.39 is 18.2 Å². The van der Waals surface area contributed by atoms with Gasteiger partial charge in [0.15, 0.2) is 11.0 Å². The van der Waals surface area contributed by atoms with Crippen LogP contribution in [0.3, 0.4) is 0 Å². The molecule has 0 aliphatic carbocycles. The fraction of sp³-hybridized carbons (Fsp3) is 0.226. The van der Waals surface area contributed by atoms with Crippen LogP contribution in [-0.2, 0) is 0 Å². The van der Waals surface area contributed by atoms with Crippen LogP contribution in [0.2, 0.25) is 0 Å². The Bertz CT molecular complexity index is 1700. The Morgan fingerprint density at radius 3 is 2.50 bits per heavy atom. The quantitative estimate of drug-likeness (QED) is 0.211. The van der Waals surface area contributed by atoms with Crippen molar-refractivity contribution >= 4 is 34.5 Å². The van der Waals surface area contributed by atoms with E-state index in [4.69, 9.17) is 0 Å². The first kappa shape index (κ1) is 30.8. The van der Waals surface area contributed by atoms with Crippen molar-refractivity contribution in [2.75, 3.05) is 17.2 Å². The highest BCUT2D eigenvalue weighted by atomic mass is 32.2. The van der Waals surface area contributed by atoms with E-state index in [-0.39, 0.29) is 11.3 Å². The summed E-state index contributed by atoms with van der Waals surface area (Å²) in [5.41, 5.74) is 4.68. The molecule has 4 aromatic rings. The lowest BCUT2D eigenvalue weighted by atomic mass is 9.95. The van der Waals surface area contributed by atoms with Gasteiger partial charge in [0.2, 0.25) is 0 Å². The zero-order valence-corrected chi connectivity index (χ0v) is 24.8. The number of anilines is 1. The van der Waals surface area contributed by atoms with Gasteiger partial charge in [0, 0.05) is 35.3 Å². The Morgan fingerprint density at radius 2 is 1.82 bits per heavy atom. The van der Waals surface area contributed by atoms with Crippen LogP contribution in [0.5, 0.6) is 5.75 Å². The Morgan fingerprint density at radius 1 is 1.09 bits per heavy atom. The number of amidine groups is 1. The van der Waals surface area contributed by atoms with E-state index in [0.717, 1.165) is 17.6 Å². The fourth-order valence-corrected chi connectivity index (χ4v) is 5.75. The van der Waals surface area contributed by atoms with Gasteiger partial charge in [-0.1, -0.05) is 62.0 Å². The molecule has 5 rings (SSSR count). The SMILES string of the molecule is Cc1cccc(N2CCS/C2=N\C(=O)N/C=C(\F)c2ccc(-c3ncn(-c4ccc(OC(F)(F)F)cc4)n3)cc2)c1C(C)C. The lowest BCUT2D eigenvalue weighted by Crippen LogP contribution is -2.27. The molecule has 13 heteroatoms. The fourth-order valence-electron chi connectivity index (χ4n) is 4.80. The number of urea groups is 1. The van der Waals surface area contributed by atoms with E-state index in [9.17, 15) is 22.4 Å². The van der Waals surface area contributed by atoms with Crippen molar-refractivity contribution in [3.63, 3.8) is 0 Å². The Kier molecular flexibility index (Phi) is 9.04. The third kappa shape index (κ3) is 7.28. The molecular weight excluding hydrogens is 596 g/mol. The molecule has 1 N–H and O–H groups in total. The molecule has 2 heterocycles. The lowest BCUT2D eigenvalue weighted by Gasteiger charge is -2.24. The van der Waals surface area contributed by atoms with E-state index in [1.54, 1.807) is 12.1 Å². The van der Waals surface area contributed by atoms with Gasteiger partial charge in [-0.2, -0.15) is 4.99 Å². The van der Waals surface area contributed by atoms with E-state index in [1.807, 2.05) is 17.0 Å². The second-order valence-electron chi connectivity index (χ2n) is 10.1. The Hall–Kier alpha value is -4.65. The number of halogens is 4. The van der Waals surface area contributed by atoms with E-state index in [1.165, 1.54) is 70.3 Å². The smallest absolute Gasteiger partial charge is 0.406 e. The number of benzene rings is 3. The van der Waals surface area contributed by atoms with E-state index in [0.29, 0.717) is 34.7 Å². The lowest BCUT2D eigenvalue weighted by molar-refractivity contribution is -0.274. The predicted molar refractivity (Wildman–Crippen MR) is 164 cm³/mol. The van der Waals surface area contributed by atoms with Gasteiger partial charge in [-0.25, -0.2) is 18.9 Å². The minimum atomic E-state index is -4.78. The van der Waals surface area contributed by atoms with Crippen LogP contribution in [0, 0.1) is 6.92 Å². The van der Waals surface area contributed by atoms with Gasteiger partial charge in [0.05, 0.1) is 5.69 Å². The highest BCUT2D eigenvalue weighted by molar-refractivity contribution is 8.14. The first-order chi connectivity index (χ1) is 21.0. The van der Waals surface area contributed by atoms with Crippen LogP contribution < -0.4 is 15.0 Å². The molecule has 3 aromatic carbocycles. The third-order valence-electron chi connectivity index (χ3n) is 6.71. The van der Waals surface area contributed by atoms with Gasteiger partial charge in [-0.15, -0.1) is 18.3 Å². The number of aliphatic imine (C=N–C) groups is 1. The van der Waals surface area contributed by atoms with Crippen molar-refractivity contribution in [3.8, 4) is 22.8 Å². The minimum absolute atomic E-state index is 0.222. The molecular formula is C31H28F4N6O2S. The highest BCUT2D eigenvalue weighted by Gasteiger charge is 2.31. The van der Waals surface area contributed by atoms with E-state index >= 15 is 0 Å². The number of aryl methyl sites for hydroxylation is 1. The molecule has 44 heavy (non-hydrogen) atoms. The van der Waals surface area contributed by atoms with Gasteiger partial charge < -0.3 is 15.0 Å². The summed E-state index contributed by atoms with van der Waals surface area (Å²) in [7, 11) is 0. The maximum atomic E-state index is 14.9. The van der Waals surface area contributed by atoms with E-state index in [2.05, 4.69) is 52.0 Å². The van der Waals surface area contributed by atoms with Crippen LogP contribution in [0.25, 0.3) is 22.9 Å². The zero-order chi connectivity index (χ0) is 31.4. The second-order valence-corrected chi connectivity index (χ2v) is 11.2. The Balaban J connectivity index is 1.23. The predicted octanol–water partition coefficient (Wildman–Crippen LogP) is 7.85. The highest BCUT2D eigenvalue weighted by Crippen LogP contribution is 2.34. The van der Waals surface area contributed by atoms with Crippen molar-refractivity contribution in [3.05, 3.63) is 95.9 Å². The molecule has 2 amide bonds. The van der Waals surface area contributed by atoms with Crippen LogP contribution in [0.4, 0.5) is 28.0 Å². The molecule has 1 saturated heterocycles. The summed E-state index contributed by atoms with van der Waals surface area (Å²) in [6, 6.07) is 16.8. The summed E-state index contributed by atoms with van der Waals surface area (Å²) in [5, 5.41) is 7.31. The summed E-state index contributed by atoms with van der Waals surface area (Å²) in [4.78, 5) is 23.1. The molecule has 0 spiro atoms. The average molecular weight is 625 g/mol. The van der Waals surface area contributed by atoms with Gasteiger partial charge in [-0.3, -0.25) is 0 Å². The van der Waals surface area contributed by atoms with Crippen LogP contribution >= 0.6 is 11.8 Å². The van der Waals surface area contributed by atoms with Crippen LogP contribution in [0.15, 0.2) is 84.2 Å². The molecule has 0 atom stereocenters. The molecule has 0 saturated carbocycles. The summed E-state index contributed by atoms with van der Waals surface area (Å²) in [6.07, 6.45) is -2.40. The molecule has 0 bridgehead atoms. The second kappa shape index (κ2) is 12.9. The number of hydrogen-bond donors (Lipinski definition) is 1. The summed E-state index contributed by atoms with van der Waals surface area (Å²) in [6.45, 7) is 7.04. The number of nitrogens with zero attached hydrogens (tertiary/aromatic N) is 5. The molecule has 1 fully saturated rings. The number of carbonyl (C=O) groups is 1. The third-order valence-corrected chi connectivity index (χ3v) is 7.67. The van der Waals surface area contributed by atoms with Gasteiger partial charge >= 0.3 is 12.4 Å². The molecule has 1 aliphatic rings. The summed E-state index contributed by atoms with van der Waals surface area (Å²) >= 11 is 1.47. The molecule has 228 valence electrons. The summed E-state index contributed by atoms with van der Waals surface area (Å²) < 4.78 is 57.3. The molecule has 0 unspecified atom stereocenters. The number of rotatable bonds is 7. The first-order valence-corrected chi connectivity index (χ1v) is 14.6.